The number of aliphatic carboxylic acids is 1. The zero-order chi connectivity index (χ0) is 24.1. The topological polar surface area (TPSA) is 57.6 Å². The molecule has 2 aromatic carbocycles. The molecule has 2 aromatic rings. The number of carboxylic acid groups (broad SMARTS) is 1. The summed E-state index contributed by atoms with van der Waals surface area (Å²) < 4.78 is -0.878. The van der Waals surface area contributed by atoms with E-state index in [2.05, 4.69) is 31.2 Å². The summed E-state index contributed by atoms with van der Waals surface area (Å²) in [7, 11) is 0. The molecule has 0 fully saturated rings. The summed E-state index contributed by atoms with van der Waals surface area (Å²) in [5.74, 6) is -0.608. The summed E-state index contributed by atoms with van der Waals surface area (Å²) in [5, 5.41) is 9.41. The second-order valence-corrected chi connectivity index (χ2v) is 10.8. The van der Waals surface area contributed by atoms with E-state index in [9.17, 15) is 14.7 Å². The lowest BCUT2D eigenvalue weighted by Crippen LogP contribution is -2.34. The van der Waals surface area contributed by atoms with Crippen molar-refractivity contribution in [3.63, 3.8) is 0 Å². The molecule has 0 saturated heterocycles. The first-order valence-corrected chi connectivity index (χ1v) is 13.0. The van der Waals surface area contributed by atoms with Gasteiger partial charge in [0.05, 0.1) is 0 Å². The lowest BCUT2D eigenvalue weighted by molar-refractivity contribution is -0.139. The van der Waals surface area contributed by atoms with Gasteiger partial charge < -0.3 is 10.0 Å². The van der Waals surface area contributed by atoms with Crippen molar-refractivity contribution >= 4 is 23.6 Å². The van der Waals surface area contributed by atoms with Gasteiger partial charge in [-0.3, -0.25) is 9.59 Å². The molecule has 1 N–H and O–H groups in total. The number of carboxylic acids is 1. The highest BCUT2D eigenvalue weighted by Crippen LogP contribution is 2.33. The highest BCUT2D eigenvalue weighted by Gasteiger charge is 2.28. The Morgan fingerprint density at radius 3 is 2.27 bits per heavy atom. The van der Waals surface area contributed by atoms with Crippen LogP contribution in [0.4, 0.5) is 0 Å². The zero-order valence-corrected chi connectivity index (χ0v) is 21.2. The molecule has 0 atom stereocenters. The third-order valence-corrected chi connectivity index (χ3v) is 6.99. The largest absolute Gasteiger partial charge is 0.480 e. The van der Waals surface area contributed by atoms with Gasteiger partial charge in [-0.15, -0.1) is 11.8 Å². The van der Waals surface area contributed by atoms with Crippen molar-refractivity contribution in [1.82, 2.24) is 4.90 Å². The summed E-state index contributed by atoms with van der Waals surface area (Å²) in [6, 6.07) is 18.2. The molecule has 0 unspecified atom stereocenters. The SMILES string of the molecule is CCCCCCCN(CCc1cccc(SC(C)(C)C(=O)O)c1)C(=O)CCc1ccccc1. The molecule has 0 bridgehead atoms. The average molecular weight is 470 g/mol. The van der Waals surface area contributed by atoms with Crippen LogP contribution < -0.4 is 0 Å². The lowest BCUT2D eigenvalue weighted by Gasteiger charge is -2.23. The van der Waals surface area contributed by atoms with Gasteiger partial charge >= 0.3 is 5.97 Å². The van der Waals surface area contributed by atoms with Crippen molar-refractivity contribution in [2.45, 2.75) is 81.8 Å². The zero-order valence-electron chi connectivity index (χ0n) is 20.4. The molecular weight excluding hydrogens is 430 g/mol. The standard InChI is InChI=1S/C28H39NO3S/c1-4-5-6-7-11-20-29(26(30)18-17-23-13-9-8-10-14-23)21-19-24-15-12-16-25(22-24)33-28(2,3)27(31)32/h8-10,12-16,22H,4-7,11,17-21H2,1-3H3,(H,31,32). The third-order valence-electron chi connectivity index (χ3n) is 5.81. The summed E-state index contributed by atoms with van der Waals surface area (Å²) >= 11 is 1.36. The number of carbonyl (C=O) groups is 2. The Morgan fingerprint density at radius 1 is 0.879 bits per heavy atom. The fraction of sp³-hybridized carbons (Fsp3) is 0.500. The minimum Gasteiger partial charge on any atom is -0.480 e. The number of aryl methyl sites for hydroxylation is 1. The molecule has 0 radical (unpaired) electrons. The first-order valence-electron chi connectivity index (χ1n) is 12.1. The predicted molar refractivity (Wildman–Crippen MR) is 138 cm³/mol. The van der Waals surface area contributed by atoms with Crippen LogP contribution >= 0.6 is 11.8 Å². The molecule has 0 heterocycles. The number of hydrogen-bond donors (Lipinski definition) is 1. The summed E-state index contributed by atoms with van der Waals surface area (Å²) in [6.07, 6.45) is 7.96. The van der Waals surface area contributed by atoms with Crippen LogP contribution in [0.5, 0.6) is 0 Å². The van der Waals surface area contributed by atoms with Crippen LogP contribution in [0.15, 0.2) is 59.5 Å². The molecule has 0 aliphatic carbocycles. The quantitative estimate of drug-likeness (QED) is 0.235. The second-order valence-electron chi connectivity index (χ2n) is 9.10. The normalized spacial score (nSPS) is 11.4. The molecule has 5 heteroatoms. The van der Waals surface area contributed by atoms with Crippen molar-refractivity contribution in [1.29, 1.82) is 0 Å². The van der Waals surface area contributed by atoms with Crippen molar-refractivity contribution in [2.24, 2.45) is 0 Å². The number of benzene rings is 2. The van der Waals surface area contributed by atoms with E-state index in [4.69, 9.17) is 0 Å². The van der Waals surface area contributed by atoms with Crippen LogP contribution in [0, 0.1) is 0 Å². The summed E-state index contributed by atoms with van der Waals surface area (Å²) in [4.78, 5) is 27.5. The van der Waals surface area contributed by atoms with Crippen molar-refractivity contribution in [3.05, 3.63) is 65.7 Å². The van der Waals surface area contributed by atoms with E-state index < -0.39 is 10.7 Å². The molecule has 1 amide bonds. The Morgan fingerprint density at radius 2 is 1.58 bits per heavy atom. The van der Waals surface area contributed by atoms with Gasteiger partial charge in [-0.1, -0.05) is 75.1 Å². The Hall–Kier alpha value is -2.27. The first-order chi connectivity index (χ1) is 15.8. The molecule has 180 valence electrons. The van der Waals surface area contributed by atoms with Gasteiger partial charge in [0.15, 0.2) is 0 Å². The van der Waals surface area contributed by atoms with Crippen LogP contribution in [-0.2, 0) is 22.4 Å². The molecule has 33 heavy (non-hydrogen) atoms. The fourth-order valence-electron chi connectivity index (χ4n) is 3.69. The maximum Gasteiger partial charge on any atom is 0.319 e. The lowest BCUT2D eigenvalue weighted by atomic mass is 10.1. The fourth-order valence-corrected chi connectivity index (χ4v) is 4.72. The van der Waals surface area contributed by atoms with Crippen LogP contribution in [0.1, 0.15) is 70.4 Å². The van der Waals surface area contributed by atoms with E-state index in [1.807, 2.05) is 35.2 Å². The number of unbranched alkanes of at least 4 members (excludes halogenated alkanes) is 4. The Kier molecular flexibility index (Phi) is 11.5. The highest BCUT2D eigenvalue weighted by atomic mass is 32.2. The van der Waals surface area contributed by atoms with Crippen molar-refractivity contribution in [3.8, 4) is 0 Å². The van der Waals surface area contributed by atoms with Crippen molar-refractivity contribution in [2.75, 3.05) is 13.1 Å². The predicted octanol–water partition coefficient (Wildman–Crippen LogP) is 6.62. The van der Waals surface area contributed by atoms with Crippen LogP contribution in [0.25, 0.3) is 0 Å². The van der Waals surface area contributed by atoms with E-state index >= 15 is 0 Å². The van der Waals surface area contributed by atoms with Gasteiger partial charge in [-0.05, 0) is 56.4 Å². The second kappa shape index (κ2) is 14.1. The molecule has 0 aliphatic heterocycles. The molecule has 0 saturated carbocycles. The van der Waals surface area contributed by atoms with E-state index in [1.54, 1.807) is 13.8 Å². The van der Waals surface area contributed by atoms with Gasteiger partial charge in [0, 0.05) is 24.4 Å². The minimum atomic E-state index is -0.878. The highest BCUT2D eigenvalue weighted by molar-refractivity contribution is 8.01. The van der Waals surface area contributed by atoms with Crippen LogP contribution in [-0.4, -0.2) is 39.7 Å². The maximum atomic E-state index is 13.0. The molecule has 0 aromatic heterocycles. The number of nitrogens with zero attached hydrogens (tertiary/aromatic N) is 1. The van der Waals surface area contributed by atoms with Gasteiger partial charge in [-0.2, -0.15) is 0 Å². The smallest absolute Gasteiger partial charge is 0.319 e. The molecule has 0 aliphatic rings. The van der Waals surface area contributed by atoms with E-state index in [0.717, 1.165) is 42.7 Å². The number of thioether (sulfide) groups is 1. The Labute approximate surface area is 203 Å². The summed E-state index contributed by atoms with van der Waals surface area (Å²) in [5.41, 5.74) is 2.33. The van der Waals surface area contributed by atoms with Gasteiger partial charge in [0.1, 0.15) is 4.75 Å². The monoisotopic (exact) mass is 469 g/mol. The average Bonchev–Trinajstić information content (AvgIpc) is 2.80. The van der Waals surface area contributed by atoms with Gasteiger partial charge in [0.25, 0.3) is 0 Å². The summed E-state index contributed by atoms with van der Waals surface area (Å²) in [6.45, 7) is 7.15. The third kappa shape index (κ3) is 10.0. The molecular formula is C28H39NO3S. The van der Waals surface area contributed by atoms with Crippen LogP contribution in [0.3, 0.4) is 0 Å². The number of rotatable bonds is 15. The maximum absolute atomic E-state index is 13.0. The number of hydrogen-bond acceptors (Lipinski definition) is 3. The van der Waals surface area contributed by atoms with Gasteiger partial charge in [-0.25, -0.2) is 0 Å². The Balaban J connectivity index is 1.97. The molecule has 4 nitrogen and oxygen atoms in total. The molecule has 0 spiro atoms. The number of carbonyl (C=O) groups excluding carboxylic acids is 1. The van der Waals surface area contributed by atoms with Gasteiger partial charge in [0.2, 0.25) is 5.91 Å². The van der Waals surface area contributed by atoms with Crippen LogP contribution in [0.2, 0.25) is 0 Å². The first kappa shape index (κ1) is 27.0. The number of amides is 1. The molecule has 2 rings (SSSR count). The Bertz CT molecular complexity index is 866. The minimum absolute atomic E-state index is 0.215. The van der Waals surface area contributed by atoms with E-state index in [0.29, 0.717) is 13.0 Å². The van der Waals surface area contributed by atoms with Crippen molar-refractivity contribution < 1.29 is 14.7 Å². The van der Waals surface area contributed by atoms with E-state index in [1.165, 1.54) is 36.6 Å². The van der Waals surface area contributed by atoms with E-state index in [-0.39, 0.29) is 5.91 Å².